The van der Waals surface area contributed by atoms with E-state index in [9.17, 15) is 61.7 Å². The normalized spacial score (nSPS) is 13.4. The lowest BCUT2D eigenvalue weighted by Crippen LogP contribution is -2.74. The van der Waals surface area contributed by atoms with E-state index in [1.165, 1.54) is 6.92 Å². The molecular formula is C44H33BF12O3S. The minimum Gasteiger partial charge on any atom is -0.427 e. The molecule has 1 atom stereocenters. The highest BCUT2D eigenvalue weighted by Crippen LogP contribution is 2.33. The molecule has 0 radical (unpaired) electrons. The topological polar surface area (TPSA) is 43.4 Å². The number of alkyl halides is 12. The highest BCUT2D eigenvalue weighted by Gasteiger charge is 2.38. The molecule has 0 aliphatic heterocycles. The van der Waals surface area contributed by atoms with Crippen LogP contribution in [-0.2, 0) is 49.4 Å². The maximum atomic E-state index is 13.3. The summed E-state index contributed by atoms with van der Waals surface area (Å²) in [6.07, 6.45) is -20.2. The molecule has 0 heterocycles. The van der Waals surface area contributed by atoms with Crippen molar-refractivity contribution in [2.24, 2.45) is 0 Å². The summed E-state index contributed by atoms with van der Waals surface area (Å²) < 4.78 is 178. The molecule has 0 aliphatic carbocycles. The van der Waals surface area contributed by atoms with Gasteiger partial charge in [0.2, 0.25) is 0 Å². The van der Waals surface area contributed by atoms with Gasteiger partial charge in [-0.3, -0.25) is 4.79 Å². The SMILES string of the molecule is CC(=O)Oc1ccc(C[S+](C)(=O)c2ccccc2)cc1.FC(F)(F)c1ccc([B-](c2ccc(C(F)(F)F)cc2)(c2ccc(C(F)(F)F)cc2)c2ccc(C(F)(F)F)cc2)cc1. The molecule has 1 unspecified atom stereocenters. The van der Waals surface area contributed by atoms with Gasteiger partial charge in [-0.15, -0.1) is 0 Å². The number of ether oxygens (including phenoxy) is 1. The Balaban J connectivity index is 0.000000294. The van der Waals surface area contributed by atoms with E-state index in [0.29, 0.717) is 60.0 Å². The van der Waals surface area contributed by atoms with E-state index in [0.717, 1.165) is 59.0 Å². The minimum atomic E-state index is -4.77. The zero-order valence-corrected chi connectivity index (χ0v) is 32.7. The van der Waals surface area contributed by atoms with Gasteiger partial charge in [-0.05, 0) is 24.3 Å². The number of esters is 1. The number of carbonyl (C=O) groups is 1. The third-order valence-electron chi connectivity index (χ3n) is 9.82. The number of benzene rings is 6. The first-order chi connectivity index (χ1) is 28.3. The molecule has 0 fully saturated rings. The fraction of sp³-hybridized carbons (Fsp3) is 0.159. The molecule has 0 bridgehead atoms. The van der Waals surface area contributed by atoms with Crippen LogP contribution >= 0.6 is 0 Å². The van der Waals surface area contributed by atoms with E-state index in [-0.39, 0.29) is 27.8 Å². The minimum absolute atomic E-state index is 0.0114. The zero-order valence-electron chi connectivity index (χ0n) is 31.9. The van der Waals surface area contributed by atoms with Gasteiger partial charge < -0.3 is 4.74 Å². The van der Waals surface area contributed by atoms with Crippen LogP contribution in [-0.4, -0.2) is 18.4 Å². The Kier molecular flexibility index (Phi) is 13.4. The first-order valence-electron chi connectivity index (χ1n) is 18.0. The average molecular weight is 881 g/mol. The molecule has 0 saturated carbocycles. The predicted octanol–water partition coefficient (Wildman–Crippen LogP) is 10.4. The molecule has 6 aromatic rings. The van der Waals surface area contributed by atoms with Gasteiger partial charge in [0.25, 0.3) is 0 Å². The van der Waals surface area contributed by atoms with E-state index in [1.807, 2.05) is 42.5 Å². The van der Waals surface area contributed by atoms with Crippen molar-refractivity contribution in [3.05, 3.63) is 179 Å². The van der Waals surface area contributed by atoms with Gasteiger partial charge in [0.05, 0.1) is 22.3 Å². The van der Waals surface area contributed by atoms with Gasteiger partial charge >= 0.3 is 30.7 Å². The predicted molar refractivity (Wildman–Crippen MR) is 210 cm³/mol. The van der Waals surface area contributed by atoms with Gasteiger partial charge in [-0.2, -0.15) is 74.5 Å². The van der Waals surface area contributed by atoms with E-state index in [4.69, 9.17) is 4.74 Å². The van der Waals surface area contributed by atoms with Gasteiger partial charge in [-0.1, -0.05) is 132 Å². The van der Waals surface area contributed by atoms with E-state index < -0.39 is 63.0 Å². The Labute approximate surface area is 343 Å². The van der Waals surface area contributed by atoms with E-state index >= 15 is 0 Å². The number of rotatable bonds is 8. The Bertz CT molecular complexity index is 2210. The number of halogens is 12. The monoisotopic (exact) mass is 880 g/mol. The van der Waals surface area contributed by atoms with Crippen molar-refractivity contribution in [3.8, 4) is 5.75 Å². The molecule has 0 aliphatic rings. The van der Waals surface area contributed by atoms with Crippen molar-refractivity contribution >= 4 is 43.9 Å². The summed E-state index contributed by atoms with van der Waals surface area (Å²) in [6, 6.07) is 30.1. The second-order valence-electron chi connectivity index (χ2n) is 14.0. The lowest BCUT2D eigenvalue weighted by atomic mass is 9.13. The van der Waals surface area contributed by atoms with Crippen LogP contribution in [0, 0.1) is 0 Å². The van der Waals surface area contributed by atoms with Crippen molar-refractivity contribution in [2.45, 2.75) is 42.3 Å². The second kappa shape index (κ2) is 17.6. The van der Waals surface area contributed by atoms with Crippen LogP contribution in [0.4, 0.5) is 52.7 Å². The molecular weight excluding hydrogens is 847 g/mol. The quantitative estimate of drug-likeness (QED) is 0.0503. The van der Waals surface area contributed by atoms with Crippen molar-refractivity contribution < 1.29 is 66.4 Å². The van der Waals surface area contributed by atoms with Crippen LogP contribution in [0.2, 0.25) is 0 Å². The molecule has 17 heteroatoms. The summed E-state index contributed by atoms with van der Waals surface area (Å²) in [7, 11) is -2.11. The molecule has 0 saturated heterocycles. The molecule has 320 valence electrons. The van der Waals surface area contributed by atoms with Crippen molar-refractivity contribution in [3.63, 3.8) is 0 Å². The van der Waals surface area contributed by atoms with Crippen LogP contribution in [0.3, 0.4) is 0 Å². The summed E-state index contributed by atoms with van der Waals surface area (Å²) in [5.41, 5.74) is -3.34. The molecule has 3 nitrogen and oxygen atoms in total. The maximum absolute atomic E-state index is 13.3. The van der Waals surface area contributed by atoms with Crippen molar-refractivity contribution in [1.29, 1.82) is 0 Å². The highest BCUT2D eigenvalue weighted by molar-refractivity contribution is 8.01. The van der Waals surface area contributed by atoms with Crippen LogP contribution in [0.5, 0.6) is 5.75 Å². The fourth-order valence-corrected chi connectivity index (χ4v) is 8.66. The summed E-state index contributed by atoms with van der Waals surface area (Å²) in [5.74, 6) is 0.627. The van der Waals surface area contributed by atoms with E-state index in [2.05, 4.69) is 0 Å². The lowest BCUT2D eigenvalue weighted by Gasteiger charge is -2.44. The van der Waals surface area contributed by atoms with Gasteiger partial charge in [0.15, 0.2) is 4.90 Å². The summed E-state index contributed by atoms with van der Waals surface area (Å²) in [6.45, 7) is 1.36. The number of carbonyl (C=O) groups excluding carboxylic acids is 1. The van der Waals surface area contributed by atoms with Gasteiger partial charge in [-0.25, -0.2) is 0 Å². The Morgan fingerprint density at radius 1 is 0.475 bits per heavy atom. The van der Waals surface area contributed by atoms with Gasteiger partial charge in [0.1, 0.15) is 33.8 Å². The Morgan fingerprint density at radius 3 is 1.03 bits per heavy atom. The Morgan fingerprint density at radius 2 is 0.770 bits per heavy atom. The summed E-state index contributed by atoms with van der Waals surface area (Å²) in [5, 5.41) is 0. The Hall–Kier alpha value is -5.84. The molecule has 61 heavy (non-hydrogen) atoms. The molecule has 0 N–H and O–H groups in total. The van der Waals surface area contributed by atoms with E-state index in [1.54, 1.807) is 18.4 Å². The first-order valence-corrected chi connectivity index (χ1v) is 20.1. The standard InChI is InChI=1S/C28H16BF12.C16H17O3S/c30-25(31,32)17-1-9-21(10-2-17)29(22-11-3-18(4-12-22)26(33,34)35,23-13-5-19(6-14-23)27(36,37)38)24-15-7-20(8-16-24)28(39,40)41;1-13(17)19-15-10-8-14(9-11-15)12-20(2,18)16-6-4-3-5-7-16/h1-16H;3-11H,12H2,1-2H3/q-1;+1. The lowest BCUT2D eigenvalue weighted by molar-refractivity contribution is -0.138. The third-order valence-corrected chi connectivity index (χ3v) is 12.0. The fourth-order valence-electron chi connectivity index (χ4n) is 6.93. The molecule has 0 amide bonds. The summed E-state index contributed by atoms with van der Waals surface area (Å²) in [4.78, 5) is 11.7. The van der Waals surface area contributed by atoms with Crippen LogP contribution in [0.15, 0.2) is 157 Å². The summed E-state index contributed by atoms with van der Waals surface area (Å²) >= 11 is 0. The maximum Gasteiger partial charge on any atom is 0.416 e. The largest absolute Gasteiger partial charge is 0.427 e. The number of hydrogen-bond donors (Lipinski definition) is 0. The highest BCUT2D eigenvalue weighted by atomic mass is 32.2. The van der Waals surface area contributed by atoms with Gasteiger partial charge in [0, 0.05) is 12.5 Å². The molecule has 0 spiro atoms. The zero-order chi connectivity index (χ0) is 45.0. The second-order valence-corrected chi connectivity index (χ2v) is 16.8. The van der Waals surface area contributed by atoms with Crippen LogP contribution in [0.25, 0.3) is 0 Å². The molecule has 6 rings (SSSR count). The number of hydrogen-bond acceptors (Lipinski definition) is 3. The third kappa shape index (κ3) is 11.1. The average Bonchev–Trinajstić information content (AvgIpc) is 3.19. The van der Waals surface area contributed by atoms with Crippen molar-refractivity contribution in [1.82, 2.24) is 0 Å². The van der Waals surface area contributed by atoms with Crippen LogP contribution < -0.4 is 26.6 Å². The molecule has 0 aromatic heterocycles. The smallest absolute Gasteiger partial charge is 0.416 e. The van der Waals surface area contributed by atoms with Crippen molar-refractivity contribution in [2.75, 3.05) is 6.26 Å². The molecule has 6 aromatic carbocycles. The first kappa shape index (κ1) is 46.2. The van der Waals surface area contributed by atoms with Crippen LogP contribution in [0.1, 0.15) is 34.7 Å².